The predicted molar refractivity (Wildman–Crippen MR) is 66.4 cm³/mol. The summed E-state index contributed by atoms with van der Waals surface area (Å²) in [4.78, 5) is 5.46. The van der Waals surface area contributed by atoms with Crippen LogP contribution in [0.25, 0.3) is 20.9 Å². The molecule has 0 aliphatic heterocycles. The average molecular weight is 230 g/mol. The third-order valence-electron chi connectivity index (χ3n) is 2.45. The summed E-state index contributed by atoms with van der Waals surface area (Å²) in [6, 6.07) is 8.14. The summed E-state index contributed by atoms with van der Waals surface area (Å²) in [5.41, 5.74) is 19.0. The Morgan fingerprint density at radius 3 is 2.06 bits per heavy atom. The molecular weight excluding hydrogens is 216 g/mol. The number of aryl methyl sites for hydroxylation is 1. The van der Waals surface area contributed by atoms with Crippen LogP contribution in [0.2, 0.25) is 0 Å². The topological polar surface area (TPSA) is 97.5 Å². The van der Waals surface area contributed by atoms with Gasteiger partial charge in [0.1, 0.15) is 0 Å². The molecule has 0 saturated heterocycles. The van der Waals surface area contributed by atoms with Gasteiger partial charge in [-0.3, -0.25) is 0 Å². The molecule has 0 bridgehead atoms. The number of hydrogen-bond donors (Lipinski definition) is 0. The molecule has 0 aliphatic rings. The zero-order chi connectivity index (χ0) is 12.5. The summed E-state index contributed by atoms with van der Waals surface area (Å²) in [5.74, 6) is 0.0597. The number of nitrogens with zero attached hydrogens (tertiary/aromatic N) is 6. The van der Waals surface area contributed by atoms with E-state index in [1.54, 1.807) is 0 Å². The van der Waals surface area contributed by atoms with Crippen molar-refractivity contribution < 1.29 is 0 Å². The van der Waals surface area contributed by atoms with Crippen LogP contribution in [0.3, 0.4) is 0 Å². The summed E-state index contributed by atoms with van der Waals surface area (Å²) >= 11 is 0. The van der Waals surface area contributed by atoms with Crippen molar-refractivity contribution in [2.75, 3.05) is 13.1 Å². The highest BCUT2D eigenvalue weighted by molar-refractivity contribution is 5.21. The zero-order valence-corrected chi connectivity index (χ0v) is 9.69. The fourth-order valence-corrected chi connectivity index (χ4v) is 1.55. The van der Waals surface area contributed by atoms with Crippen molar-refractivity contribution in [3.8, 4) is 0 Å². The molecule has 0 amide bonds. The lowest BCUT2D eigenvalue weighted by Crippen LogP contribution is -2.11. The van der Waals surface area contributed by atoms with E-state index in [2.05, 4.69) is 20.1 Å². The predicted octanol–water partition coefficient (Wildman–Crippen LogP) is 3.77. The van der Waals surface area contributed by atoms with E-state index in [4.69, 9.17) is 11.1 Å². The Hall–Kier alpha value is -2.16. The largest absolute Gasteiger partial charge is 0.0937 e. The number of hydrogen-bond acceptors (Lipinski definition) is 2. The molecule has 88 valence electrons. The summed E-state index contributed by atoms with van der Waals surface area (Å²) in [6.45, 7) is 2.73. The lowest BCUT2D eigenvalue weighted by atomic mass is 9.99. The molecule has 0 N–H and O–H groups in total. The van der Waals surface area contributed by atoms with Crippen LogP contribution in [0.5, 0.6) is 0 Å². The maximum absolute atomic E-state index is 8.30. The van der Waals surface area contributed by atoms with Gasteiger partial charge in [-0.1, -0.05) is 40.1 Å². The Morgan fingerprint density at radius 2 is 1.59 bits per heavy atom. The monoisotopic (exact) mass is 230 g/mol. The van der Waals surface area contributed by atoms with Crippen LogP contribution in [0.15, 0.2) is 34.5 Å². The van der Waals surface area contributed by atoms with Crippen LogP contribution < -0.4 is 0 Å². The van der Waals surface area contributed by atoms with Gasteiger partial charge < -0.3 is 0 Å². The van der Waals surface area contributed by atoms with Gasteiger partial charge in [-0.15, -0.1) is 0 Å². The van der Waals surface area contributed by atoms with Gasteiger partial charge in [0.15, 0.2) is 0 Å². The normalized spacial score (nSPS) is 11.1. The number of benzene rings is 1. The molecule has 1 rings (SSSR count). The highest BCUT2D eigenvalue weighted by Crippen LogP contribution is 2.11. The molecule has 0 saturated carbocycles. The molecule has 1 aromatic rings. The third-order valence-corrected chi connectivity index (χ3v) is 2.45. The number of rotatable bonds is 6. The van der Waals surface area contributed by atoms with Gasteiger partial charge in [-0.2, -0.15) is 0 Å². The maximum Gasteiger partial charge on any atom is 0.0290 e. The molecule has 0 atom stereocenters. The van der Waals surface area contributed by atoms with Crippen molar-refractivity contribution >= 4 is 0 Å². The summed E-state index contributed by atoms with van der Waals surface area (Å²) in [5, 5.41) is 7.07. The molecule has 1 aromatic carbocycles. The minimum Gasteiger partial charge on any atom is -0.0937 e. The molecule has 0 aromatic heterocycles. The van der Waals surface area contributed by atoms with Crippen molar-refractivity contribution in [3.05, 3.63) is 56.3 Å². The SMILES string of the molecule is Cc1ccc(CC(CN=[N+]=[N-])CN=[N+]=[N-])cc1. The quantitative estimate of drug-likeness (QED) is 0.403. The molecule has 6 nitrogen and oxygen atoms in total. The first-order chi connectivity index (χ1) is 8.26. The van der Waals surface area contributed by atoms with Gasteiger partial charge in [0.05, 0.1) is 0 Å². The van der Waals surface area contributed by atoms with E-state index in [0.717, 1.165) is 12.0 Å². The first kappa shape index (κ1) is 12.9. The van der Waals surface area contributed by atoms with Crippen LogP contribution in [0.1, 0.15) is 11.1 Å². The molecule has 0 unspecified atom stereocenters. The first-order valence-electron chi connectivity index (χ1n) is 5.33. The second-order valence-corrected chi connectivity index (χ2v) is 3.88. The van der Waals surface area contributed by atoms with E-state index in [1.807, 2.05) is 31.2 Å². The highest BCUT2D eigenvalue weighted by atomic mass is 15.1. The van der Waals surface area contributed by atoms with Crippen LogP contribution >= 0.6 is 0 Å². The summed E-state index contributed by atoms with van der Waals surface area (Å²) < 4.78 is 0. The number of azide groups is 2. The molecule has 6 heteroatoms. The van der Waals surface area contributed by atoms with Crippen LogP contribution in [0.4, 0.5) is 0 Å². The van der Waals surface area contributed by atoms with Crippen molar-refractivity contribution in [1.82, 2.24) is 0 Å². The van der Waals surface area contributed by atoms with Crippen LogP contribution in [-0.2, 0) is 6.42 Å². The standard InChI is InChI=1S/C11H14N6/c1-9-2-4-10(5-3-9)6-11(7-14-16-12)8-15-17-13/h2-5,11H,6-8H2,1H3. The molecule has 17 heavy (non-hydrogen) atoms. The Morgan fingerprint density at radius 1 is 1.06 bits per heavy atom. The Balaban J connectivity index is 2.66. The molecule has 0 fully saturated rings. The molecule has 0 radical (unpaired) electrons. The van der Waals surface area contributed by atoms with Gasteiger partial charge in [0.25, 0.3) is 0 Å². The van der Waals surface area contributed by atoms with Gasteiger partial charge in [0, 0.05) is 22.9 Å². The van der Waals surface area contributed by atoms with Crippen molar-refractivity contribution in [2.45, 2.75) is 13.3 Å². The summed E-state index contributed by atoms with van der Waals surface area (Å²) in [7, 11) is 0. The fraction of sp³-hybridized carbons (Fsp3) is 0.455. The van der Waals surface area contributed by atoms with E-state index < -0.39 is 0 Å². The van der Waals surface area contributed by atoms with E-state index in [9.17, 15) is 0 Å². The van der Waals surface area contributed by atoms with Crippen LogP contribution in [-0.4, -0.2) is 13.1 Å². The average Bonchev–Trinajstić information content (AvgIpc) is 2.35. The smallest absolute Gasteiger partial charge is 0.0290 e. The van der Waals surface area contributed by atoms with Crippen molar-refractivity contribution in [1.29, 1.82) is 0 Å². The second-order valence-electron chi connectivity index (χ2n) is 3.88. The van der Waals surface area contributed by atoms with E-state index in [-0.39, 0.29) is 5.92 Å². The molecule has 0 heterocycles. The zero-order valence-electron chi connectivity index (χ0n) is 9.69. The van der Waals surface area contributed by atoms with Gasteiger partial charge in [0.2, 0.25) is 0 Å². The minimum atomic E-state index is 0.0597. The second kappa shape index (κ2) is 7.17. The van der Waals surface area contributed by atoms with Gasteiger partial charge in [-0.25, -0.2) is 0 Å². The van der Waals surface area contributed by atoms with E-state index in [0.29, 0.717) is 13.1 Å². The van der Waals surface area contributed by atoms with Crippen molar-refractivity contribution in [3.63, 3.8) is 0 Å². The van der Waals surface area contributed by atoms with E-state index >= 15 is 0 Å². The molecule has 0 aliphatic carbocycles. The van der Waals surface area contributed by atoms with Crippen LogP contribution in [0, 0.1) is 12.8 Å². The van der Waals surface area contributed by atoms with Crippen molar-refractivity contribution in [2.24, 2.45) is 16.1 Å². The van der Waals surface area contributed by atoms with E-state index in [1.165, 1.54) is 5.56 Å². The lowest BCUT2D eigenvalue weighted by Gasteiger charge is -2.11. The Bertz CT molecular complexity index is 420. The Labute approximate surface area is 99.5 Å². The summed E-state index contributed by atoms with van der Waals surface area (Å²) in [6.07, 6.45) is 0.748. The minimum absolute atomic E-state index is 0.0597. The van der Waals surface area contributed by atoms with Gasteiger partial charge in [-0.05, 0) is 35.9 Å². The van der Waals surface area contributed by atoms with Gasteiger partial charge >= 0.3 is 0 Å². The lowest BCUT2D eigenvalue weighted by molar-refractivity contribution is 0.546. The fourth-order valence-electron chi connectivity index (χ4n) is 1.55. The molecule has 0 spiro atoms. The highest BCUT2D eigenvalue weighted by Gasteiger charge is 2.07. The Kier molecular flexibility index (Phi) is 5.44. The first-order valence-corrected chi connectivity index (χ1v) is 5.33. The molecular formula is C11H14N6. The third kappa shape index (κ3) is 4.93. The maximum atomic E-state index is 8.30.